The molecule has 0 saturated carbocycles. The van der Waals surface area contributed by atoms with E-state index in [0.717, 1.165) is 0 Å². The van der Waals surface area contributed by atoms with E-state index in [2.05, 4.69) is 10.3 Å². The molecule has 0 bridgehead atoms. The molecule has 1 aromatic carbocycles. The molecular formula is C16H15N3O5S. The Morgan fingerprint density at radius 1 is 1.44 bits per heavy atom. The van der Waals surface area contributed by atoms with Crippen LogP contribution >= 0.6 is 11.3 Å². The summed E-state index contributed by atoms with van der Waals surface area (Å²) in [6.45, 7) is 2.02. The highest BCUT2D eigenvalue weighted by molar-refractivity contribution is 7.14. The number of nitrogens with one attached hydrogen (secondary N) is 1. The zero-order chi connectivity index (χ0) is 18.2. The van der Waals surface area contributed by atoms with Crippen LogP contribution in [-0.4, -0.2) is 28.4 Å². The van der Waals surface area contributed by atoms with E-state index in [4.69, 9.17) is 4.74 Å². The molecule has 2 aromatic rings. The van der Waals surface area contributed by atoms with Crippen LogP contribution in [0.1, 0.15) is 18.2 Å². The van der Waals surface area contributed by atoms with Crippen molar-refractivity contribution in [2.24, 2.45) is 0 Å². The van der Waals surface area contributed by atoms with Gasteiger partial charge in [0.25, 0.3) is 5.69 Å². The Balaban J connectivity index is 1.94. The van der Waals surface area contributed by atoms with Gasteiger partial charge in [-0.15, -0.1) is 11.3 Å². The normalized spacial score (nSPS) is 10.6. The molecule has 8 nitrogen and oxygen atoms in total. The van der Waals surface area contributed by atoms with Crippen LogP contribution < -0.4 is 5.32 Å². The van der Waals surface area contributed by atoms with Gasteiger partial charge < -0.3 is 4.74 Å². The van der Waals surface area contributed by atoms with Gasteiger partial charge in [0.15, 0.2) is 5.13 Å². The van der Waals surface area contributed by atoms with Crippen molar-refractivity contribution in [2.45, 2.75) is 13.3 Å². The molecule has 0 unspecified atom stereocenters. The molecule has 0 aliphatic rings. The van der Waals surface area contributed by atoms with E-state index >= 15 is 0 Å². The number of amides is 1. The first kappa shape index (κ1) is 18.3. The van der Waals surface area contributed by atoms with Crippen LogP contribution in [0.2, 0.25) is 0 Å². The number of carbonyl (C=O) groups is 2. The summed E-state index contributed by atoms with van der Waals surface area (Å²) < 4.78 is 4.83. The number of carbonyl (C=O) groups excluding carboxylic acids is 2. The number of non-ortho nitro benzene ring substituents is 1. The number of nitro benzene ring substituents is 1. The van der Waals surface area contributed by atoms with E-state index < -0.39 is 10.8 Å². The van der Waals surface area contributed by atoms with Crippen molar-refractivity contribution in [3.8, 4) is 0 Å². The van der Waals surface area contributed by atoms with Gasteiger partial charge >= 0.3 is 5.97 Å². The van der Waals surface area contributed by atoms with E-state index in [9.17, 15) is 19.7 Å². The standard InChI is InChI=1S/C16H15N3O5S/c1-2-24-15(21)9-12-10-25-16(17-12)18-14(20)7-6-11-4-3-5-13(8-11)19(22)23/h3-8,10H,2,9H2,1H3,(H,17,18,20). The van der Waals surface area contributed by atoms with Gasteiger partial charge in [-0.05, 0) is 18.6 Å². The van der Waals surface area contributed by atoms with Gasteiger partial charge in [0.1, 0.15) is 0 Å². The molecule has 25 heavy (non-hydrogen) atoms. The van der Waals surface area contributed by atoms with Crippen LogP contribution in [0.5, 0.6) is 0 Å². The maximum absolute atomic E-state index is 11.9. The predicted octanol–water partition coefficient (Wildman–Crippen LogP) is 2.81. The Hall–Kier alpha value is -3.07. The van der Waals surface area contributed by atoms with Crippen LogP contribution in [0.4, 0.5) is 10.8 Å². The van der Waals surface area contributed by atoms with Gasteiger partial charge in [-0.25, -0.2) is 4.98 Å². The highest BCUT2D eigenvalue weighted by atomic mass is 32.1. The zero-order valence-corrected chi connectivity index (χ0v) is 14.1. The first-order valence-electron chi connectivity index (χ1n) is 7.31. The van der Waals surface area contributed by atoms with Crippen LogP contribution in [0.15, 0.2) is 35.7 Å². The minimum atomic E-state index is -0.502. The van der Waals surface area contributed by atoms with Crippen molar-refractivity contribution in [2.75, 3.05) is 11.9 Å². The molecule has 0 saturated heterocycles. The molecule has 0 spiro atoms. The highest BCUT2D eigenvalue weighted by Gasteiger charge is 2.09. The first-order chi connectivity index (χ1) is 12.0. The number of esters is 1. The third-order valence-electron chi connectivity index (χ3n) is 2.92. The quantitative estimate of drug-likeness (QED) is 0.351. The largest absolute Gasteiger partial charge is 0.466 e. The van der Waals surface area contributed by atoms with E-state index in [1.807, 2.05) is 0 Å². The fourth-order valence-corrected chi connectivity index (χ4v) is 2.58. The second kappa shape index (κ2) is 8.69. The lowest BCUT2D eigenvalue weighted by molar-refractivity contribution is -0.384. The van der Waals surface area contributed by atoms with Crippen molar-refractivity contribution in [3.05, 3.63) is 57.1 Å². The van der Waals surface area contributed by atoms with Crippen molar-refractivity contribution < 1.29 is 19.2 Å². The Bertz CT molecular complexity index is 816. The molecule has 0 aliphatic heterocycles. The summed E-state index contributed by atoms with van der Waals surface area (Å²) >= 11 is 1.19. The van der Waals surface area contributed by atoms with Gasteiger partial charge in [-0.1, -0.05) is 12.1 Å². The maximum atomic E-state index is 11.9. The summed E-state index contributed by atoms with van der Waals surface area (Å²) in [4.78, 5) is 37.6. The van der Waals surface area contributed by atoms with E-state index in [0.29, 0.717) is 23.0 Å². The number of ether oxygens (including phenoxy) is 1. The molecular weight excluding hydrogens is 346 g/mol. The molecule has 0 fully saturated rings. The molecule has 1 N–H and O–H groups in total. The summed E-state index contributed by atoms with van der Waals surface area (Å²) in [5, 5.41) is 15.3. The summed E-state index contributed by atoms with van der Waals surface area (Å²) in [6, 6.07) is 5.93. The minimum absolute atomic E-state index is 0.0454. The lowest BCUT2D eigenvalue weighted by Crippen LogP contribution is -2.09. The Labute approximate surface area is 147 Å². The number of anilines is 1. The van der Waals surface area contributed by atoms with Gasteiger partial charge in [0.05, 0.1) is 23.6 Å². The van der Waals surface area contributed by atoms with Crippen molar-refractivity contribution >= 4 is 40.1 Å². The van der Waals surface area contributed by atoms with E-state index in [-0.39, 0.29) is 18.1 Å². The number of nitro groups is 1. The third-order valence-corrected chi connectivity index (χ3v) is 3.73. The molecule has 1 heterocycles. The molecule has 0 aliphatic carbocycles. The zero-order valence-electron chi connectivity index (χ0n) is 13.3. The highest BCUT2D eigenvalue weighted by Crippen LogP contribution is 2.17. The van der Waals surface area contributed by atoms with Gasteiger partial charge in [0.2, 0.25) is 5.91 Å². The molecule has 0 atom stereocenters. The summed E-state index contributed by atoms with van der Waals surface area (Å²) in [5.41, 5.74) is 0.999. The molecule has 9 heteroatoms. The Kier molecular flexibility index (Phi) is 6.35. The number of aromatic nitrogens is 1. The van der Waals surface area contributed by atoms with Crippen molar-refractivity contribution in [1.29, 1.82) is 0 Å². The van der Waals surface area contributed by atoms with Crippen LogP contribution in [-0.2, 0) is 20.7 Å². The number of hydrogen-bond acceptors (Lipinski definition) is 7. The number of benzene rings is 1. The average molecular weight is 361 g/mol. The SMILES string of the molecule is CCOC(=O)Cc1csc(NC(=O)C=Cc2cccc([N+](=O)[O-])c2)n1. The van der Waals surface area contributed by atoms with Crippen molar-refractivity contribution in [3.63, 3.8) is 0 Å². The Morgan fingerprint density at radius 3 is 2.96 bits per heavy atom. The smallest absolute Gasteiger partial charge is 0.311 e. The second-order valence-electron chi connectivity index (χ2n) is 4.80. The fraction of sp³-hybridized carbons (Fsp3) is 0.188. The number of nitrogens with zero attached hydrogens (tertiary/aromatic N) is 2. The van der Waals surface area contributed by atoms with Gasteiger partial charge in [-0.3, -0.25) is 25.0 Å². The molecule has 1 aromatic heterocycles. The second-order valence-corrected chi connectivity index (χ2v) is 5.66. The summed E-state index contributed by atoms with van der Waals surface area (Å²) in [5.74, 6) is -0.806. The van der Waals surface area contributed by atoms with Crippen LogP contribution in [0, 0.1) is 10.1 Å². The molecule has 2 rings (SSSR count). The Morgan fingerprint density at radius 2 is 2.24 bits per heavy atom. The fourth-order valence-electron chi connectivity index (χ4n) is 1.87. The monoisotopic (exact) mass is 361 g/mol. The van der Waals surface area contributed by atoms with Gasteiger partial charge in [0, 0.05) is 23.6 Å². The minimum Gasteiger partial charge on any atom is -0.466 e. The lowest BCUT2D eigenvalue weighted by atomic mass is 10.2. The summed E-state index contributed by atoms with van der Waals surface area (Å²) in [7, 11) is 0. The lowest BCUT2D eigenvalue weighted by Gasteiger charge is -1.98. The molecule has 0 radical (unpaired) electrons. The van der Waals surface area contributed by atoms with Crippen LogP contribution in [0.3, 0.4) is 0 Å². The van der Waals surface area contributed by atoms with Crippen LogP contribution in [0.25, 0.3) is 6.08 Å². The number of hydrogen-bond donors (Lipinski definition) is 1. The molecule has 1 amide bonds. The summed E-state index contributed by atoms with van der Waals surface area (Å²) in [6.07, 6.45) is 2.77. The third kappa shape index (κ3) is 5.81. The first-order valence-corrected chi connectivity index (χ1v) is 8.19. The molecule has 130 valence electrons. The predicted molar refractivity (Wildman–Crippen MR) is 93.2 cm³/mol. The van der Waals surface area contributed by atoms with Crippen molar-refractivity contribution in [1.82, 2.24) is 4.98 Å². The number of rotatable bonds is 7. The topological polar surface area (TPSA) is 111 Å². The maximum Gasteiger partial charge on any atom is 0.311 e. The van der Waals surface area contributed by atoms with Gasteiger partial charge in [-0.2, -0.15) is 0 Å². The van der Waals surface area contributed by atoms with E-state index in [1.54, 1.807) is 18.4 Å². The van der Waals surface area contributed by atoms with E-state index in [1.165, 1.54) is 41.7 Å². The number of thiazole rings is 1. The average Bonchev–Trinajstić information content (AvgIpc) is 3.00.